The molecule has 0 aliphatic carbocycles. The third kappa shape index (κ3) is 2.21. The maximum Gasteiger partial charge on any atom is 0.357 e. The van der Waals surface area contributed by atoms with Crippen molar-refractivity contribution in [2.24, 2.45) is 0 Å². The summed E-state index contributed by atoms with van der Waals surface area (Å²) in [7, 11) is 2.24. The molecule has 0 unspecified atom stereocenters. The molecule has 1 rings (SSSR count). The maximum absolute atomic E-state index is 12.8. The Morgan fingerprint density at radius 1 is 1.50 bits per heavy atom. The van der Waals surface area contributed by atoms with Crippen molar-refractivity contribution >= 4 is 17.6 Å². The van der Waals surface area contributed by atoms with Gasteiger partial charge in [0.15, 0.2) is 5.69 Å². The fourth-order valence-electron chi connectivity index (χ4n) is 1.15. The number of nitrogens with zero attached hydrogens (tertiary/aromatic N) is 1. The summed E-state index contributed by atoms with van der Waals surface area (Å²) in [6, 6.07) is 0. The number of methoxy groups -OCH3 is 2. The smallest absolute Gasteiger partial charge is 0.357 e. The number of pyridine rings is 1. The molecule has 0 fully saturated rings. The van der Waals surface area contributed by atoms with Crippen LogP contribution in [0.1, 0.15) is 22.5 Å². The lowest BCUT2D eigenvalue weighted by Crippen LogP contribution is -2.10. The van der Waals surface area contributed by atoms with Crippen molar-refractivity contribution in [3.05, 3.63) is 22.5 Å². The number of hydrogen-bond donors (Lipinski definition) is 0. The zero-order valence-electron chi connectivity index (χ0n) is 8.46. The van der Waals surface area contributed by atoms with Crippen LogP contribution in [0.2, 0.25) is 5.02 Å². The minimum Gasteiger partial charge on any atom is -0.495 e. The van der Waals surface area contributed by atoms with Gasteiger partial charge in [-0.3, -0.25) is 0 Å². The summed E-state index contributed by atoms with van der Waals surface area (Å²) in [5.74, 6) is -1.24. The molecule has 16 heavy (non-hydrogen) atoms. The van der Waals surface area contributed by atoms with Crippen LogP contribution in [0.5, 0.6) is 5.75 Å². The van der Waals surface area contributed by atoms with E-state index in [1.54, 1.807) is 0 Å². The van der Waals surface area contributed by atoms with Crippen LogP contribution in [0, 0.1) is 0 Å². The first-order valence-corrected chi connectivity index (χ1v) is 4.49. The van der Waals surface area contributed by atoms with Gasteiger partial charge in [0.2, 0.25) is 0 Å². The van der Waals surface area contributed by atoms with Gasteiger partial charge in [-0.05, 0) is 0 Å². The van der Waals surface area contributed by atoms with Gasteiger partial charge >= 0.3 is 5.97 Å². The highest BCUT2D eigenvalue weighted by molar-refractivity contribution is 6.32. The Balaban J connectivity index is 3.45. The average molecular weight is 252 g/mol. The predicted molar refractivity (Wildman–Crippen MR) is 52.1 cm³/mol. The van der Waals surface area contributed by atoms with Gasteiger partial charge in [0.1, 0.15) is 10.8 Å². The zero-order chi connectivity index (χ0) is 12.3. The highest BCUT2D eigenvalue weighted by atomic mass is 35.5. The summed E-state index contributed by atoms with van der Waals surface area (Å²) in [6.07, 6.45) is -1.88. The SMILES string of the molecule is COC(=O)c1ncc(Cl)c(OC)c1C(F)F. The molecule has 0 aromatic carbocycles. The second-order valence-electron chi connectivity index (χ2n) is 2.69. The quantitative estimate of drug-likeness (QED) is 0.775. The van der Waals surface area contributed by atoms with Gasteiger partial charge in [-0.2, -0.15) is 0 Å². The third-order valence-corrected chi connectivity index (χ3v) is 2.09. The molecule has 7 heteroatoms. The van der Waals surface area contributed by atoms with E-state index < -0.39 is 23.7 Å². The van der Waals surface area contributed by atoms with E-state index in [1.807, 2.05) is 0 Å². The van der Waals surface area contributed by atoms with Crippen LogP contribution in [-0.4, -0.2) is 25.2 Å². The van der Waals surface area contributed by atoms with Gasteiger partial charge < -0.3 is 9.47 Å². The van der Waals surface area contributed by atoms with Crippen LogP contribution in [0.3, 0.4) is 0 Å². The fraction of sp³-hybridized carbons (Fsp3) is 0.333. The van der Waals surface area contributed by atoms with E-state index in [9.17, 15) is 13.6 Å². The summed E-state index contributed by atoms with van der Waals surface area (Å²) in [5.41, 5.74) is -1.17. The van der Waals surface area contributed by atoms with Crippen molar-refractivity contribution < 1.29 is 23.0 Å². The lowest BCUT2D eigenvalue weighted by atomic mass is 10.2. The van der Waals surface area contributed by atoms with E-state index in [0.717, 1.165) is 13.3 Å². The molecule has 0 bridgehead atoms. The molecule has 0 spiro atoms. The molecule has 4 nitrogen and oxygen atoms in total. The Hall–Kier alpha value is -1.43. The largest absolute Gasteiger partial charge is 0.495 e. The summed E-state index contributed by atoms with van der Waals surface area (Å²) >= 11 is 5.62. The molecular formula is C9H8ClF2NO3. The van der Waals surface area contributed by atoms with Crippen molar-refractivity contribution in [3.63, 3.8) is 0 Å². The van der Waals surface area contributed by atoms with Gasteiger partial charge in [-0.15, -0.1) is 0 Å². The summed E-state index contributed by atoms with van der Waals surface area (Å²) in [6.45, 7) is 0. The monoisotopic (exact) mass is 251 g/mol. The average Bonchev–Trinajstić information content (AvgIpc) is 2.27. The van der Waals surface area contributed by atoms with E-state index in [-0.39, 0.29) is 10.8 Å². The molecule has 1 aromatic heterocycles. The fourth-order valence-corrected chi connectivity index (χ4v) is 1.38. The molecule has 0 atom stereocenters. The van der Waals surface area contributed by atoms with Crippen LogP contribution in [-0.2, 0) is 4.74 Å². The Morgan fingerprint density at radius 2 is 2.12 bits per heavy atom. The van der Waals surface area contributed by atoms with Gasteiger partial charge in [-0.25, -0.2) is 18.6 Å². The van der Waals surface area contributed by atoms with Crippen molar-refractivity contribution in [1.82, 2.24) is 4.98 Å². The number of rotatable bonds is 3. The van der Waals surface area contributed by atoms with Crippen LogP contribution in [0.15, 0.2) is 6.20 Å². The second kappa shape index (κ2) is 5.07. The van der Waals surface area contributed by atoms with Crippen LogP contribution < -0.4 is 4.74 Å². The molecule has 0 amide bonds. The molecule has 1 heterocycles. The standard InChI is InChI=1S/C9H8ClF2NO3/c1-15-7-4(10)3-13-6(9(14)16-2)5(7)8(11)12/h3,8H,1-2H3. The Morgan fingerprint density at radius 3 is 2.56 bits per heavy atom. The minimum absolute atomic E-state index is 0.0922. The normalized spacial score (nSPS) is 10.4. The number of carbonyl (C=O) groups is 1. The van der Waals surface area contributed by atoms with Gasteiger partial charge in [0.25, 0.3) is 6.43 Å². The molecular weight excluding hydrogens is 244 g/mol. The number of carbonyl (C=O) groups excluding carboxylic acids is 1. The molecule has 88 valence electrons. The molecule has 0 saturated carbocycles. The first kappa shape index (κ1) is 12.6. The number of esters is 1. The molecule has 0 aliphatic heterocycles. The van der Waals surface area contributed by atoms with Gasteiger partial charge in [-0.1, -0.05) is 11.6 Å². The molecule has 0 aliphatic rings. The van der Waals surface area contributed by atoms with E-state index in [2.05, 4.69) is 9.72 Å². The van der Waals surface area contributed by atoms with E-state index >= 15 is 0 Å². The number of alkyl halides is 2. The molecule has 0 saturated heterocycles. The highest BCUT2D eigenvalue weighted by Crippen LogP contribution is 2.36. The number of halogens is 3. The van der Waals surface area contributed by atoms with Gasteiger partial charge in [0.05, 0.1) is 26.0 Å². The predicted octanol–water partition coefficient (Wildman–Crippen LogP) is 2.47. The lowest BCUT2D eigenvalue weighted by Gasteiger charge is -2.12. The Kier molecular flexibility index (Phi) is 4.00. The summed E-state index contributed by atoms with van der Waals surface area (Å²) in [5, 5.41) is -0.0922. The first-order valence-electron chi connectivity index (χ1n) is 4.11. The van der Waals surface area contributed by atoms with Crippen LogP contribution >= 0.6 is 11.6 Å². The van der Waals surface area contributed by atoms with Crippen molar-refractivity contribution in [3.8, 4) is 5.75 Å². The Bertz CT molecular complexity index is 412. The maximum atomic E-state index is 12.8. The topological polar surface area (TPSA) is 48.4 Å². The van der Waals surface area contributed by atoms with Crippen LogP contribution in [0.25, 0.3) is 0 Å². The van der Waals surface area contributed by atoms with E-state index in [1.165, 1.54) is 7.11 Å². The summed E-state index contributed by atoms with van der Waals surface area (Å²) in [4.78, 5) is 14.7. The minimum atomic E-state index is -2.93. The van der Waals surface area contributed by atoms with E-state index in [4.69, 9.17) is 16.3 Å². The molecule has 0 N–H and O–H groups in total. The van der Waals surface area contributed by atoms with Crippen LogP contribution in [0.4, 0.5) is 8.78 Å². The second-order valence-corrected chi connectivity index (χ2v) is 3.10. The number of hydrogen-bond acceptors (Lipinski definition) is 4. The molecule has 1 aromatic rings. The Labute approximate surface area is 95.1 Å². The molecule has 0 radical (unpaired) electrons. The third-order valence-electron chi connectivity index (χ3n) is 1.82. The van der Waals surface area contributed by atoms with Crippen molar-refractivity contribution in [1.29, 1.82) is 0 Å². The first-order chi connectivity index (χ1) is 7.52. The number of aromatic nitrogens is 1. The zero-order valence-corrected chi connectivity index (χ0v) is 9.22. The van der Waals surface area contributed by atoms with E-state index in [0.29, 0.717) is 0 Å². The van der Waals surface area contributed by atoms with Gasteiger partial charge in [0, 0.05) is 0 Å². The summed E-state index contributed by atoms with van der Waals surface area (Å²) < 4.78 is 34.6. The number of ether oxygens (including phenoxy) is 2. The van der Waals surface area contributed by atoms with Crippen molar-refractivity contribution in [2.75, 3.05) is 14.2 Å². The van der Waals surface area contributed by atoms with Crippen molar-refractivity contribution in [2.45, 2.75) is 6.43 Å². The highest BCUT2D eigenvalue weighted by Gasteiger charge is 2.27. The lowest BCUT2D eigenvalue weighted by molar-refractivity contribution is 0.0580.